The molecule has 2 nitrogen and oxygen atoms in total. The highest BCUT2D eigenvalue weighted by molar-refractivity contribution is 5.06. The molecule has 0 bridgehead atoms. The van der Waals surface area contributed by atoms with Crippen LogP contribution in [0, 0.1) is 0 Å². The lowest BCUT2D eigenvalue weighted by Gasteiger charge is -2.59. The highest BCUT2D eigenvalue weighted by Gasteiger charge is 2.48. The van der Waals surface area contributed by atoms with E-state index >= 15 is 0 Å². The maximum atomic E-state index is 3.92. The molecule has 1 atom stereocenters. The standard InChI is InChI=1S/C16H30N2/c1-3-16(10-7-11-16)18-13-15(17-12-14(18)2)8-5-4-6-9-15/h14,17H,3-13H2,1-2H3. The third-order valence-corrected chi connectivity index (χ3v) is 6.14. The van der Waals surface area contributed by atoms with Crippen LogP contribution in [-0.2, 0) is 0 Å². The highest BCUT2D eigenvalue weighted by Crippen LogP contribution is 2.44. The Morgan fingerprint density at radius 2 is 1.78 bits per heavy atom. The first-order valence-electron chi connectivity index (χ1n) is 8.22. The number of hydrogen-bond donors (Lipinski definition) is 1. The molecule has 104 valence electrons. The van der Waals surface area contributed by atoms with Crippen LogP contribution < -0.4 is 5.32 Å². The zero-order valence-corrected chi connectivity index (χ0v) is 12.3. The van der Waals surface area contributed by atoms with E-state index < -0.39 is 0 Å². The zero-order valence-electron chi connectivity index (χ0n) is 12.3. The second kappa shape index (κ2) is 4.79. The summed E-state index contributed by atoms with van der Waals surface area (Å²) in [5.74, 6) is 0. The summed E-state index contributed by atoms with van der Waals surface area (Å²) in [6, 6.07) is 0.734. The summed E-state index contributed by atoms with van der Waals surface area (Å²) in [5.41, 5.74) is 1.05. The maximum absolute atomic E-state index is 3.92. The Morgan fingerprint density at radius 1 is 1.06 bits per heavy atom. The van der Waals surface area contributed by atoms with Crippen molar-refractivity contribution in [3.63, 3.8) is 0 Å². The Labute approximate surface area is 113 Å². The van der Waals surface area contributed by atoms with Crippen LogP contribution in [0.4, 0.5) is 0 Å². The van der Waals surface area contributed by atoms with Gasteiger partial charge in [0.1, 0.15) is 0 Å². The monoisotopic (exact) mass is 250 g/mol. The molecule has 2 aliphatic carbocycles. The lowest BCUT2D eigenvalue weighted by atomic mass is 9.70. The molecule has 1 heterocycles. The predicted octanol–water partition coefficient (Wildman–Crippen LogP) is 3.32. The SMILES string of the molecule is CCC1(N2CC3(CCCCC3)NCC2C)CCC1. The van der Waals surface area contributed by atoms with Gasteiger partial charge in [0.15, 0.2) is 0 Å². The Morgan fingerprint density at radius 3 is 2.33 bits per heavy atom. The predicted molar refractivity (Wildman–Crippen MR) is 76.9 cm³/mol. The molecular weight excluding hydrogens is 220 g/mol. The van der Waals surface area contributed by atoms with Gasteiger partial charge in [0.05, 0.1) is 0 Å². The van der Waals surface area contributed by atoms with Crippen molar-refractivity contribution in [2.24, 2.45) is 0 Å². The summed E-state index contributed by atoms with van der Waals surface area (Å²) >= 11 is 0. The lowest BCUT2D eigenvalue weighted by molar-refractivity contribution is -0.0637. The van der Waals surface area contributed by atoms with Gasteiger partial charge in [-0.15, -0.1) is 0 Å². The molecule has 1 aliphatic heterocycles. The zero-order chi connectivity index (χ0) is 12.6. The van der Waals surface area contributed by atoms with Crippen LogP contribution in [-0.4, -0.2) is 35.1 Å². The molecular formula is C16H30N2. The maximum Gasteiger partial charge on any atom is 0.0309 e. The third-order valence-electron chi connectivity index (χ3n) is 6.14. The quantitative estimate of drug-likeness (QED) is 0.809. The fraction of sp³-hybridized carbons (Fsp3) is 1.00. The molecule has 0 radical (unpaired) electrons. The molecule has 0 aromatic rings. The third kappa shape index (κ3) is 2.02. The summed E-state index contributed by atoms with van der Waals surface area (Å²) in [7, 11) is 0. The summed E-state index contributed by atoms with van der Waals surface area (Å²) < 4.78 is 0. The molecule has 3 fully saturated rings. The highest BCUT2D eigenvalue weighted by atomic mass is 15.3. The average Bonchev–Trinajstić information content (AvgIpc) is 2.34. The first-order valence-corrected chi connectivity index (χ1v) is 8.22. The van der Waals surface area contributed by atoms with E-state index in [9.17, 15) is 0 Å². The Kier molecular flexibility index (Phi) is 3.44. The van der Waals surface area contributed by atoms with Gasteiger partial charge < -0.3 is 5.32 Å². The molecule has 1 unspecified atom stereocenters. The molecule has 2 saturated carbocycles. The molecule has 1 N–H and O–H groups in total. The van der Waals surface area contributed by atoms with E-state index in [0.29, 0.717) is 11.1 Å². The van der Waals surface area contributed by atoms with Gasteiger partial charge in [-0.2, -0.15) is 0 Å². The van der Waals surface area contributed by atoms with E-state index in [-0.39, 0.29) is 0 Å². The van der Waals surface area contributed by atoms with Crippen LogP contribution in [0.3, 0.4) is 0 Å². The van der Waals surface area contributed by atoms with Crippen molar-refractivity contribution < 1.29 is 0 Å². The van der Waals surface area contributed by atoms with Crippen molar-refractivity contribution in [3.8, 4) is 0 Å². The molecule has 3 aliphatic rings. The fourth-order valence-electron chi connectivity index (χ4n) is 4.64. The lowest BCUT2D eigenvalue weighted by Crippen LogP contribution is -2.70. The number of piperazine rings is 1. The molecule has 1 spiro atoms. The van der Waals surface area contributed by atoms with E-state index in [1.165, 1.54) is 70.9 Å². The van der Waals surface area contributed by atoms with Gasteiger partial charge in [0, 0.05) is 30.2 Å². The van der Waals surface area contributed by atoms with E-state index in [1.54, 1.807) is 0 Å². The van der Waals surface area contributed by atoms with E-state index in [2.05, 4.69) is 24.1 Å². The van der Waals surface area contributed by atoms with Crippen molar-refractivity contribution in [1.82, 2.24) is 10.2 Å². The molecule has 2 heteroatoms. The Balaban J connectivity index is 1.76. The summed E-state index contributed by atoms with van der Waals surface area (Å²) in [6.07, 6.45) is 12.9. The second-order valence-electron chi connectivity index (χ2n) is 7.13. The normalized spacial score (nSPS) is 35.3. The number of rotatable bonds is 2. The van der Waals surface area contributed by atoms with Gasteiger partial charge in [0.2, 0.25) is 0 Å². The van der Waals surface area contributed by atoms with Crippen LogP contribution in [0.5, 0.6) is 0 Å². The van der Waals surface area contributed by atoms with Crippen molar-refractivity contribution in [3.05, 3.63) is 0 Å². The van der Waals surface area contributed by atoms with Gasteiger partial charge in [-0.1, -0.05) is 26.2 Å². The molecule has 0 aromatic heterocycles. The Bertz CT molecular complexity index is 284. The summed E-state index contributed by atoms with van der Waals surface area (Å²) in [4.78, 5) is 2.90. The van der Waals surface area contributed by atoms with E-state index in [4.69, 9.17) is 0 Å². The van der Waals surface area contributed by atoms with Crippen molar-refractivity contribution in [1.29, 1.82) is 0 Å². The topological polar surface area (TPSA) is 15.3 Å². The number of hydrogen-bond acceptors (Lipinski definition) is 2. The molecule has 0 aromatic carbocycles. The van der Waals surface area contributed by atoms with Crippen LogP contribution in [0.1, 0.15) is 71.6 Å². The fourth-order valence-corrected chi connectivity index (χ4v) is 4.64. The average molecular weight is 250 g/mol. The van der Waals surface area contributed by atoms with Crippen LogP contribution in [0.15, 0.2) is 0 Å². The number of nitrogens with one attached hydrogen (secondary N) is 1. The summed E-state index contributed by atoms with van der Waals surface area (Å²) in [6.45, 7) is 7.36. The van der Waals surface area contributed by atoms with Crippen molar-refractivity contribution in [2.75, 3.05) is 13.1 Å². The van der Waals surface area contributed by atoms with Gasteiger partial charge in [-0.25, -0.2) is 0 Å². The minimum atomic E-state index is 0.475. The minimum absolute atomic E-state index is 0.475. The van der Waals surface area contributed by atoms with Crippen molar-refractivity contribution in [2.45, 2.75) is 88.8 Å². The summed E-state index contributed by atoms with van der Waals surface area (Å²) in [5, 5.41) is 3.92. The van der Waals surface area contributed by atoms with E-state index in [1.807, 2.05) is 0 Å². The first-order chi connectivity index (χ1) is 8.70. The van der Waals surface area contributed by atoms with Crippen LogP contribution in [0.2, 0.25) is 0 Å². The minimum Gasteiger partial charge on any atom is -0.308 e. The van der Waals surface area contributed by atoms with Crippen molar-refractivity contribution >= 4 is 0 Å². The smallest absolute Gasteiger partial charge is 0.0309 e. The Hall–Kier alpha value is -0.0800. The molecule has 0 amide bonds. The second-order valence-corrected chi connectivity index (χ2v) is 7.13. The van der Waals surface area contributed by atoms with E-state index in [0.717, 1.165) is 6.04 Å². The molecule has 1 saturated heterocycles. The van der Waals surface area contributed by atoms with Gasteiger partial charge in [-0.3, -0.25) is 4.90 Å². The molecule has 3 rings (SSSR count). The van der Waals surface area contributed by atoms with Gasteiger partial charge in [0.25, 0.3) is 0 Å². The van der Waals surface area contributed by atoms with Crippen LogP contribution >= 0.6 is 0 Å². The molecule has 18 heavy (non-hydrogen) atoms. The van der Waals surface area contributed by atoms with Gasteiger partial charge in [-0.05, 0) is 45.4 Å². The number of nitrogens with zero attached hydrogens (tertiary/aromatic N) is 1. The van der Waals surface area contributed by atoms with Gasteiger partial charge >= 0.3 is 0 Å². The largest absolute Gasteiger partial charge is 0.308 e. The first kappa shape index (κ1) is 12.9. The van der Waals surface area contributed by atoms with Crippen LogP contribution in [0.25, 0.3) is 0 Å².